The number of nitriles is 1. The number of aromatic nitrogens is 2. The minimum Gasteiger partial charge on any atom is -0.457 e. The molecule has 7 nitrogen and oxygen atoms in total. The summed E-state index contributed by atoms with van der Waals surface area (Å²) in [5.74, 6) is -1.24. The van der Waals surface area contributed by atoms with Gasteiger partial charge in [-0.05, 0) is 26.8 Å². The zero-order chi connectivity index (χ0) is 16.7. The molecule has 116 valence electrons. The van der Waals surface area contributed by atoms with Gasteiger partial charge in [0.15, 0.2) is 11.8 Å². The van der Waals surface area contributed by atoms with Crippen LogP contribution < -0.4 is 5.73 Å². The summed E-state index contributed by atoms with van der Waals surface area (Å²) < 4.78 is 4.81. The van der Waals surface area contributed by atoms with Crippen LogP contribution in [0.5, 0.6) is 0 Å². The highest BCUT2D eigenvalue weighted by Gasteiger charge is 2.14. The van der Waals surface area contributed by atoms with Crippen molar-refractivity contribution in [1.29, 1.82) is 5.26 Å². The van der Waals surface area contributed by atoms with Gasteiger partial charge in [0.2, 0.25) is 5.78 Å². The maximum atomic E-state index is 11.6. The van der Waals surface area contributed by atoms with Gasteiger partial charge in [-0.2, -0.15) is 5.26 Å². The molecule has 0 fully saturated rings. The quantitative estimate of drug-likeness (QED) is 0.271. The van der Waals surface area contributed by atoms with Gasteiger partial charge >= 0.3 is 5.97 Å². The van der Waals surface area contributed by atoms with Crippen molar-refractivity contribution >= 4 is 23.5 Å². The molecule has 8 heteroatoms. The van der Waals surface area contributed by atoms with E-state index in [1.165, 1.54) is 6.92 Å². The Kier molecular flexibility index (Phi) is 6.53. The Balaban J connectivity index is 2.49. The highest BCUT2D eigenvalue weighted by atomic mass is 32.2. The topological polar surface area (TPSA) is 119 Å². The van der Waals surface area contributed by atoms with Crippen LogP contribution in [-0.4, -0.2) is 34.1 Å². The molecular formula is C14H16N4O3S. The Hall–Kier alpha value is -2.40. The Bertz CT molecular complexity index is 640. The zero-order valence-electron chi connectivity index (χ0n) is 12.5. The number of carbonyl (C=O) groups is 2. The lowest BCUT2D eigenvalue weighted by Crippen LogP contribution is -2.18. The predicted octanol–water partition coefficient (Wildman–Crippen LogP) is 1.05. The number of ether oxygens (including phenoxy) is 1. The number of ketones is 1. The fourth-order valence-electron chi connectivity index (χ4n) is 1.51. The van der Waals surface area contributed by atoms with Gasteiger partial charge in [-0.25, -0.2) is 9.97 Å². The number of aryl methyl sites for hydroxylation is 2. The predicted molar refractivity (Wildman–Crippen MR) is 80.7 cm³/mol. The molecule has 1 heterocycles. The third-order valence-corrected chi connectivity index (χ3v) is 3.25. The number of Topliss-reactive ketones (excluding diaryl/α,β-unsaturated/α-hetero) is 1. The van der Waals surface area contributed by atoms with Crippen molar-refractivity contribution in [2.24, 2.45) is 5.73 Å². The first kappa shape index (κ1) is 17.7. The second-order valence-electron chi connectivity index (χ2n) is 4.48. The van der Waals surface area contributed by atoms with Crippen molar-refractivity contribution in [3.05, 3.63) is 28.7 Å². The highest BCUT2D eigenvalue weighted by molar-refractivity contribution is 7.99. The first-order chi connectivity index (χ1) is 10.3. The van der Waals surface area contributed by atoms with Gasteiger partial charge in [-0.1, -0.05) is 11.8 Å². The van der Waals surface area contributed by atoms with Crippen molar-refractivity contribution < 1.29 is 14.3 Å². The molecule has 0 aromatic carbocycles. The molecule has 0 saturated heterocycles. The molecule has 1 aromatic rings. The van der Waals surface area contributed by atoms with Crippen LogP contribution in [0.3, 0.4) is 0 Å². The highest BCUT2D eigenvalue weighted by Crippen LogP contribution is 2.14. The molecule has 0 atom stereocenters. The summed E-state index contributed by atoms with van der Waals surface area (Å²) in [4.78, 5) is 31.6. The molecule has 0 aliphatic carbocycles. The molecule has 0 aliphatic rings. The molecule has 0 amide bonds. The van der Waals surface area contributed by atoms with Crippen LogP contribution in [0.25, 0.3) is 0 Å². The summed E-state index contributed by atoms with van der Waals surface area (Å²) in [5.41, 5.74) is 6.91. The van der Waals surface area contributed by atoms with Crippen LogP contribution in [-0.2, 0) is 14.3 Å². The molecule has 0 radical (unpaired) electrons. The van der Waals surface area contributed by atoms with Crippen molar-refractivity contribution in [3.8, 4) is 6.07 Å². The van der Waals surface area contributed by atoms with Crippen LogP contribution in [0.15, 0.2) is 22.5 Å². The number of thioether (sulfide) groups is 1. The van der Waals surface area contributed by atoms with E-state index < -0.39 is 18.4 Å². The fraction of sp³-hybridized carbons (Fsp3) is 0.357. The minimum absolute atomic E-state index is 0.0244. The summed E-state index contributed by atoms with van der Waals surface area (Å²) in [5, 5.41) is 9.23. The molecule has 0 aliphatic heterocycles. The first-order valence-corrected chi connectivity index (χ1v) is 7.32. The van der Waals surface area contributed by atoms with E-state index in [0.29, 0.717) is 5.16 Å². The molecule has 1 rings (SSSR count). The lowest BCUT2D eigenvalue weighted by atomic mass is 10.1. The first-order valence-electron chi connectivity index (χ1n) is 6.34. The Labute approximate surface area is 132 Å². The number of esters is 1. The Morgan fingerprint density at radius 2 is 1.95 bits per heavy atom. The maximum Gasteiger partial charge on any atom is 0.316 e. The van der Waals surface area contributed by atoms with Gasteiger partial charge in [0.1, 0.15) is 11.6 Å². The summed E-state index contributed by atoms with van der Waals surface area (Å²) in [6.45, 7) is 4.59. The number of hydrogen-bond donors (Lipinski definition) is 1. The van der Waals surface area contributed by atoms with Crippen molar-refractivity contribution in [1.82, 2.24) is 9.97 Å². The molecule has 2 N–H and O–H groups in total. The average Bonchev–Trinajstić information content (AvgIpc) is 2.42. The number of rotatable bonds is 6. The fourth-order valence-corrected chi connectivity index (χ4v) is 2.26. The summed E-state index contributed by atoms with van der Waals surface area (Å²) in [7, 11) is 0. The second kappa shape index (κ2) is 8.14. The molecule has 0 unspecified atom stereocenters. The van der Waals surface area contributed by atoms with Crippen LogP contribution in [0.2, 0.25) is 0 Å². The van der Waals surface area contributed by atoms with Crippen LogP contribution in [0, 0.1) is 25.2 Å². The van der Waals surface area contributed by atoms with E-state index in [0.717, 1.165) is 23.1 Å². The van der Waals surface area contributed by atoms with Crippen molar-refractivity contribution in [3.63, 3.8) is 0 Å². The smallest absolute Gasteiger partial charge is 0.316 e. The lowest BCUT2D eigenvalue weighted by Gasteiger charge is -2.05. The van der Waals surface area contributed by atoms with Crippen molar-refractivity contribution in [2.75, 3.05) is 12.4 Å². The molecule has 22 heavy (non-hydrogen) atoms. The Morgan fingerprint density at radius 1 is 1.36 bits per heavy atom. The van der Waals surface area contributed by atoms with Gasteiger partial charge in [0, 0.05) is 17.1 Å². The molecule has 0 spiro atoms. The number of carbonyl (C=O) groups excluding carboxylic acids is 2. The second-order valence-corrected chi connectivity index (χ2v) is 5.42. The number of allylic oxidation sites excluding steroid dienone is 1. The summed E-state index contributed by atoms with van der Waals surface area (Å²) in [6.07, 6.45) is 0. The van der Waals surface area contributed by atoms with Crippen LogP contribution in [0.1, 0.15) is 18.3 Å². The van der Waals surface area contributed by atoms with Gasteiger partial charge in [-0.3, -0.25) is 9.59 Å². The monoisotopic (exact) mass is 320 g/mol. The SMILES string of the molecule is C/C(N)=C(\C#N)C(=O)COC(=O)CSc1nc(C)cc(C)n1. The van der Waals surface area contributed by atoms with Gasteiger partial charge < -0.3 is 10.5 Å². The van der Waals surface area contributed by atoms with Crippen LogP contribution >= 0.6 is 11.8 Å². The standard InChI is InChI=1S/C14H16N4O3S/c1-8-4-9(2)18-14(17-8)22-7-13(20)21-6-12(19)11(5-15)10(3)16/h4H,6-7,16H2,1-3H3/b11-10-. The maximum absolute atomic E-state index is 11.6. The van der Waals surface area contributed by atoms with E-state index in [1.807, 2.05) is 19.9 Å². The summed E-state index contributed by atoms with van der Waals surface area (Å²) in [6, 6.07) is 3.51. The largest absolute Gasteiger partial charge is 0.457 e. The third kappa shape index (κ3) is 5.54. The molecule has 0 saturated carbocycles. The number of hydrogen-bond acceptors (Lipinski definition) is 8. The zero-order valence-corrected chi connectivity index (χ0v) is 13.4. The third-order valence-electron chi connectivity index (χ3n) is 2.43. The van der Waals surface area contributed by atoms with Crippen LogP contribution in [0.4, 0.5) is 0 Å². The normalized spacial score (nSPS) is 11.4. The van der Waals surface area contributed by atoms with Crippen molar-refractivity contribution in [2.45, 2.75) is 25.9 Å². The van der Waals surface area contributed by atoms with E-state index >= 15 is 0 Å². The van der Waals surface area contributed by atoms with E-state index in [9.17, 15) is 9.59 Å². The average molecular weight is 320 g/mol. The van der Waals surface area contributed by atoms with E-state index in [-0.39, 0.29) is 17.0 Å². The molecule has 0 bridgehead atoms. The lowest BCUT2D eigenvalue weighted by molar-refractivity contribution is -0.144. The van der Waals surface area contributed by atoms with E-state index in [1.54, 1.807) is 6.07 Å². The summed E-state index contributed by atoms with van der Waals surface area (Å²) >= 11 is 1.12. The van der Waals surface area contributed by atoms with Gasteiger partial charge in [0.05, 0.1) is 5.75 Å². The molecule has 1 aromatic heterocycles. The van der Waals surface area contributed by atoms with Gasteiger partial charge in [-0.15, -0.1) is 0 Å². The van der Waals surface area contributed by atoms with Gasteiger partial charge in [0.25, 0.3) is 0 Å². The Morgan fingerprint density at radius 3 is 2.45 bits per heavy atom. The minimum atomic E-state index is -0.622. The molecular weight excluding hydrogens is 304 g/mol. The van der Waals surface area contributed by atoms with E-state index in [2.05, 4.69) is 9.97 Å². The van der Waals surface area contributed by atoms with E-state index in [4.69, 9.17) is 15.7 Å². The number of nitrogens with zero attached hydrogens (tertiary/aromatic N) is 3. The number of nitrogens with two attached hydrogens (primary N) is 1.